The van der Waals surface area contributed by atoms with Gasteiger partial charge >= 0.3 is 0 Å². The first-order chi connectivity index (χ1) is 11.3. The SMILES string of the molecule is Cc1cccc(O[C@H]2c3ccccc3CC2N2CCCCC2)c1. The Labute approximate surface area is 139 Å². The Morgan fingerprint density at radius 2 is 1.78 bits per heavy atom. The maximum atomic E-state index is 6.51. The predicted molar refractivity (Wildman–Crippen MR) is 93.9 cm³/mol. The molecule has 4 rings (SSSR count). The van der Waals surface area contributed by atoms with Gasteiger partial charge in [0.1, 0.15) is 11.9 Å². The van der Waals surface area contributed by atoms with Crippen LogP contribution in [0.3, 0.4) is 0 Å². The Bertz CT molecular complexity index is 675. The molecule has 1 unspecified atom stereocenters. The lowest BCUT2D eigenvalue weighted by atomic mass is 10.0. The molecule has 2 atom stereocenters. The lowest BCUT2D eigenvalue weighted by molar-refractivity contribution is 0.0647. The van der Waals surface area contributed by atoms with Crippen molar-refractivity contribution >= 4 is 0 Å². The highest BCUT2D eigenvalue weighted by molar-refractivity contribution is 5.38. The van der Waals surface area contributed by atoms with E-state index in [2.05, 4.69) is 60.4 Å². The number of fused-ring (bicyclic) bond motifs is 1. The van der Waals surface area contributed by atoms with Gasteiger partial charge < -0.3 is 4.74 Å². The van der Waals surface area contributed by atoms with Crippen LogP contribution in [0.25, 0.3) is 0 Å². The number of benzene rings is 2. The fourth-order valence-electron chi connectivity index (χ4n) is 4.09. The molecule has 1 aliphatic carbocycles. The van der Waals surface area contributed by atoms with Crippen LogP contribution < -0.4 is 4.74 Å². The highest BCUT2D eigenvalue weighted by atomic mass is 16.5. The number of aryl methyl sites for hydroxylation is 1. The monoisotopic (exact) mass is 307 g/mol. The zero-order chi connectivity index (χ0) is 15.6. The molecule has 2 nitrogen and oxygen atoms in total. The van der Waals surface area contributed by atoms with Gasteiger partial charge in [-0.15, -0.1) is 0 Å². The normalized spacial score (nSPS) is 24.4. The van der Waals surface area contributed by atoms with Crippen LogP contribution in [0.5, 0.6) is 5.75 Å². The molecule has 1 saturated heterocycles. The molecule has 0 bridgehead atoms. The number of likely N-dealkylation sites (tertiary alicyclic amines) is 1. The van der Waals surface area contributed by atoms with Crippen LogP contribution in [0.1, 0.15) is 42.1 Å². The lowest BCUT2D eigenvalue weighted by Gasteiger charge is -2.35. The largest absolute Gasteiger partial charge is 0.484 e. The number of rotatable bonds is 3. The van der Waals surface area contributed by atoms with Crippen molar-refractivity contribution in [3.05, 3.63) is 65.2 Å². The molecule has 1 heterocycles. The molecule has 0 radical (unpaired) electrons. The minimum atomic E-state index is 0.158. The van der Waals surface area contributed by atoms with Crippen molar-refractivity contribution in [1.82, 2.24) is 4.90 Å². The van der Waals surface area contributed by atoms with Crippen LogP contribution in [-0.2, 0) is 6.42 Å². The summed E-state index contributed by atoms with van der Waals surface area (Å²) < 4.78 is 6.51. The summed E-state index contributed by atoms with van der Waals surface area (Å²) in [6.45, 7) is 4.55. The molecule has 0 saturated carbocycles. The van der Waals surface area contributed by atoms with Crippen molar-refractivity contribution in [2.75, 3.05) is 13.1 Å². The summed E-state index contributed by atoms with van der Waals surface area (Å²) in [6, 6.07) is 17.7. The van der Waals surface area contributed by atoms with Crippen LogP contribution in [0.15, 0.2) is 48.5 Å². The molecule has 2 heteroatoms. The van der Waals surface area contributed by atoms with E-state index in [0.29, 0.717) is 6.04 Å². The third kappa shape index (κ3) is 3.00. The van der Waals surface area contributed by atoms with E-state index < -0.39 is 0 Å². The second kappa shape index (κ2) is 6.37. The summed E-state index contributed by atoms with van der Waals surface area (Å²) in [4.78, 5) is 2.66. The first kappa shape index (κ1) is 14.8. The highest BCUT2D eigenvalue weighted by Crippen LogP contribution is 2.38. The Morgan fingerprint density at radius 3 is 2.61 bits per heavy atom. The van der Waals surface area contributed by atoms with Crippen LogP contribution in [0.4, 0.5) is 0 Å². The number of piperidine rings is 1. The number of hydrogen-bond donors (Lipinski definition) is 0. The molecule has 2 aromatic carbocycles. The molecule has 120 valence electrons. The minimum absolute atomic E-state index is 0.158. The number of hydrogen-bond acceptors (Lipinski definition) is 2. The topological polar surface area (TPSA) is 12.5 Å². The summed E-state index contributed by atoms with van der Waals surface area (Å²) in [5, 5.41) is 0. The van der Waals surface area contributed by atoms with Gasteiger partial charge in [-0.1, -0.05) is 42.8 Å². The van der Waals surface area contributed by atoms with Crippen molar-refractivity contribution < 1.29 is 4.74 Å². The molecule has 23 heavy (non-hydrogen) atoms. The van der Waals surface area contributed by atoms with Crippen LogP contribution >= 0.6 is 0 Å². The molecule has 0 spiro atoms. The quantitative estimate of drug-likeness (QED) is 0.826. The Kier molecular flexibility index (Phi) is 4.09. The maximum Gasteiger partial charge on any atom is 0.140 e. The van der Waals surface area contributed by atoms with E-state index in [1.54, 1.807) is 0 Å². The number of nitrogens with zero attached hydrogens (tertiary/aromatic N) is 1. The molecular formula is C21H25NO. The third-order valence-electron chi connectivity index (χ3n) is 5.25. The van der Waals surface area contributed by atoms with Crippen molar-refractivity contribution in [1.29, 1.82) is 0 Å². The molecule has 0 aromatic heterocycles. The third-order valence-corrected chi connectivity index (χ3v) is 5.25. The molecule has 1 aliphatic heterocycles. The Hall–Kier alpha value is -1.80. The number of ether oxygens (including phenoxy) is 1. The summed E-state index contributed by atoms with van der Waals surface area (Å²) in [5.74, 6) is 0.994. The first-order valence-corrected chi connectivity index (χ1v) is 8.86. The fourth-order valence-corrected chi connectivity index (χ4v) is 4.09. The van der Waals surface area contributed by atoms with Crippen LogP contribution in [0.2, 0.25) is 0 Å². The molecule has 2 aromatic rings. The van der Waals surface area contributed by atoms with Crippen molar-refractivity contribution in [3.63, 3.8) is 0 Å². The first-order valence-electron chi connectivity index (χ1n) is 8.86. The molecule has 0 N–H and O–H groups in total. The molecular weight excluding hydrogens is 282 g/mol. The molecule has 0 amide bonds. The van der Waals surface area contributed by atoms with Gasteiger partial charge in [-0.3, -0.25) is 4.90 Å². The smallest absolute Gasteiger partial charge is 0.140 e. The van der Waals surface area contributed by atoms with Gasteiger partial charge in [0.15, 0.2) is 0 Å². The van der Waals surface area contributed by atoms with E-state index in [-0.39, 0.29) is 6.10 Å². The van der Waals surface area contributed by atoms with E-state index in [1.807, 2.05) is 0 Å². The van der Waals surface area contributed by atoms with Gasteiger partial charge in [-0.2, -0.15) is 0 Å². The van der Waals surface area contributed by atoms with Crippen molar-refractivity contribution in [2.24, 2.45) is 0 Å². The van der Waals surface area contributed by atoms with E-state index in [4.69, 9.17) is 4.74 Å². The fraction of sp³-hybridized carbons (Fsp3) is 0.429. The van der Waals surface area contributed by atoms with Crippen LogP contribution in [0, 0.1) is 6.92 Å². The molecule has 1 fully saturated rings. The average molecular weight is 307 g/mol. The zero-order valence-electron chi connectivity index (χ0n) is 13.9. The predicted octanol–water partition coefficient (Wildman–Crippen LogP) is 4.53. The van der Waals surface area contributed by atoms with Crippen LogP contribution in [-0.4, -0.2) is 24.0 Å². The zero-order valence-corrected chi connectivity index (χ0v) is 13.9. The summed E-state index contributed by atoms with van der Waals surface area (Å²) in [6.07, 6.45) is 5.30. The van der Waals surface area contributed by atoms with Gasteiger partial charge in [-0.25, -0.2) is 0 Å². The van der Waals surface area contributed by atoms with Gasteiger partial charge in [-0.05, 0) is 68.1 Å². The second-order valence-electron chi connectivity index (χ2n) is 6.92. The average Bonchev–Trinajstić information content (AvgIpc) is 2.95. The minimum Gasteiger partial charge on any atom is -0.484 e. The Balaban J connectivity index is 1.63. The van der Waals surface area contributed by atoms with E-state index in [1.165, 1.54) is 49.0 Å². The van der Waals surface area contributed by atoms with Gasteiger partial charge in [0, 0.05) is 0 Å². The molecule has 2 aliphatic rings. The standard InChI is InChI=1S/C21H25NO/c1-16-8-7-10-18(14-16)23-21-19-11-4-3-9-17(19)15-20(21)22-12-5-2-6-13-22/h3-4,7-11,14,20-21H,2,5-6,12-13,15H2,1H3/t20?,21-/m0/s1. The van der Waals surface area contributed by atoms with Gasteiger partial charge in [0.25, 0.3) is 0 Å². The summed E-state index contributed by atoms with van der Waals surface area (Å²) >= 11 is 0. The van der Waals surface area contributed by atoms with Gasteiger partial charge in [0.05, 0.1) is 6.04 Å². The summed E-state index contributed by atoms with van der Waals surface area (Å²) in [5.41, 5.74) is 4.09. The highest BCUT2D eigenvalue weighted by Gasteiger charge is 2.38. The maximum absolute atomic E-state index is 6.51. The van der Waals surface area contributed by atoms with Gasteiger partial charge in [0.2, 0.25) is 0 Å². The second-order valence-corrected chi connectivity index (χ2v) is 6.92. The van der Waals surface area contributed by atoms with E-state index >= 15 is 0 Å². The van der Waals surface area contributed by atoms with Crippen molar-refractivity contribution in [3.8, 4) is 5.75 Å². The van der Waals surface area contributed by atoms with E-state index in [9.17, 15) is 0 Å². The lowest BCUT2D eigenvalue weighted by Crippen LogP contribution is -2.43. The summed E-state index contributed by atoms with van der Waals surface area (Å²) in [7, 11) is 0. The van der Waals surface area contributed by atoms with Crippen molar-refractivity contribution in [2.45, 2.75) is 44.8 Å². The Morgan fingerprint density at radius 1 is 0.957 bits per heavy atom. The van der Waals surface area contributed by atoms with E-state index in [0.717, 1.165) is 12.2 Å².